The van der Waals surface area contributed by atoms with Crippen LogP contribution in [0.5, 0.6) is 5.75 Å². The van der Waals surface area contributed by atoms with Gasteiger partial charge in [-0.1, -0.05) is 18.2 Å². The van der Waals surface area contributed by atoms with E-state index >= 15 is 0 Å². The van der Waals surface area contributed by atoms with Crippen molar-refractivity contribution in [3.8, 4) is 5.75 Å². The topological polar surface area (TPSA) is 72.0 Å². The third kappa shape index (κ3) is 3.37. The van der Waals surface area contributed by atoms with E-state index in [0.29, 0.717) is 17.3 Å². The Kier molecular flexibility index (Phi) is 4.46. The van der Waals surface area contributed by atoms with Gasteiger partial charge in [-0.2, -0.15) is 10.1 Å². The van der Waals surface area contributed by atoms with E-state index in [-0.39, 0.29) is 11.6 Å². The average molecular weight is 329 g/mol. The van der Waals surface area contributed by atoms with Gasteiger partial charge in [-0.3, -0.25) is 0 Å². The number of nitrogens with zero attached hydrogens (tertiary/aromatic N) is 3. The van der Waals surface area contributed by atoms with Crippen molar-refractivity contribution >= 4 is 23.1 Å². The van der Waals surface area contributed by atoms with Gasteiger partial charge in [0.15, 0.2) is 5.82 Å². The van der Waals surface area contributed by atoms with E-state index in [2.05, 4.69) is 25.8 Å². The molecule has 8 heteroatoms. The van der Waals surface area contributed by atoms with Gasteiger partial charge in [0.25, 0.3) is 0 Å². The van der Waals surface area contributed by atoms with Crippen LogP contribution in [-0.2, 0) is 0 Å². The Morgan fingerprint density at radius 3 is 2.46 bits per heavy atom. The van der Waals surface area contributed by atoms with Crippen molar-refractivity contribution in [3.63, 3.8) is 0 Å². The quantitative estimate of drug-likeness (QED) is 0.744. The number of hydrogen-bond acceptors (Lipinski definition) is 6. The molecule has 0 saturated carbocycles. The van der Waals surface area contributed by atoms with Gasteiger partial charge in [-0.15, -0.1) is 5.10 Å². The molecule has 0 bridgehead atoms. The number of anilines is 4. The van der Waals surface area contributed by atoms with Gasteiger partial charge in [0.1, 0.15) is 23.1 Å². The van der Waals surface area contributed by atoms with Crippen LogP contribution in [0.1, 0.15) is 0 Å². The summed E-state index contributed by atoms with van der Waals surface area (Å²) in [4.78, 5) is 4.14. The number of rotatable bonds is 5. The maximum Gasteiger partial charge on any atom is 0.249 e. The van der Waals surface area contributed by atoms with Crippen molar-refractivity contribution in [1.82, 2.24) is 15.2 Å². The van der Waals surface area contributed by atoms with Crippen LogP contribution in [-0.4, -0.2) is 22.3 Å². The number of hydrogen-bond donors (Lipinski definition) is 2. The zero-order valence-corrected chi connectivity index (χ0v) is 12.6. The summed E-state index contributed by atoms with van der Waals surface area (Å²) in [5.74, 6) is -0.582. The standard InChI is InChI=1S/C16H13F2N5O/c1-24-13-8-3-2-7-12(13)20-14-9-19-23-16(21-14)22-15-10(17)5-4-6-11(15)18/h2-9H,1H3,(H2,20,21,22,23). The van der Waals surface area contributed by atoms with Crippen LogP contribution in [0, 0.1) is 11.6 Å². The lowest BCUT2D eigenvalue weighted by atomic mass is 10.3. The first-order valence-electron chi connectivity index (χ1n) is 6.98. The molecular formula is C16H13F2N5O. The third-order valence-electron chi connectivity index (χ3n) is 3.13. The summed E-state index contributed by atoms with van der Waals surface area (Å²) < 4.78 is 32.6. The first-order chi connectivity index (χ1) is 11.7. The molecule has 3 rings (SSSR count). The lowest BCUT2D eigenvalue weighted by Gasteiger charge is -2.11. The number of methoxy groups -OCH3 is 1. The summed E-state index contributed by atoms with van der Waals surface area (Å²) in [6.45, 7) is 0. The SMILES string of the molecule is COc1ccccc1Nc1cnnc(Nc2c(F)cccc2F)n1. The largest absolute Gasteiger partial charge is 0.495 e. The van der Waals surface area contributed by atoms with Crippen LogP contribution in [0.2, 0.25) is 0 Å². The molecule has 0 aliphatic carbocycles. The summed E-state index contributed by atoms with van der Waals surface area (Å²) in [5.41, 5.74) is 0.331. The van der Waals surface area contributed by atoms with Crippen molar-refractivity contribution in [3.05, 3.63) is 60.3 Å². The summed E-state index contributed by atoms with van der Waals surface area (Å²) >= 11 is 0. The Morgan fingerprint density at radius 1 is 0.958 bits per heavy atom. The highest BCUT2D eigenvalue weighted by Crippen LogP contribution is 2.26. The zero-order chi connectivity index (χ0) is 16.9. The Balaban J connectivity index is 1.84. The third-order valence-corrected chi connectivity index (χ3v) is 3.13. The fourth-order valence-corrected chi connectivity index (χ4v) is 2.03. The van der Waals surface area contributed by atoms with Crippen molar-refractivity contribution in [2.24, 2.45) is 0 Å². The molecule has 1 heterocycles. The molecule has 1 aromatic heterocycles. The number of nitrogens with one attached hydrogen (secondary N) is 2. The van der Waals surface area contributed by atoms with Crippen LogP contribution < -0.4 is 15.4 Å². The van der Waals surface area contributed by atoms with Gasteiger partial charge in [-0.05, 0) is 24.3 Å². The molecule has 24 heavy (non-hydrogen) atoms. The minimum Gasteiger partial charge on any atom is -0.495 e. The molecule has 0 fully saturated rings. The Hall–Kier alpha value is -3.29. The van der Waals surface area contributed by atoms with E-state index in [1.54, 1.807) is 19.2 Å². The highest BCUT2D eigenvalue weighted by atomic mass is 19.1. The number of aromatic nitrogens is 3. The van der Waals surface area contributed by atoms with Gasteiger partial charge in [0.2, 0.25) is 5.95 Å². The smallest absolute Gasteiger partial charge is 0.249 e. The molecule has 0 atom stereocenters. The minimum atomic E-state index is -0.748. The van der Waals surface area contributed by atoms with Gasteiger partial charge in [0.05, 0.1) is 19.0 Å². The number of benzene rings is 2. The average Bonchev–Trinajstić information content (AvgIpc) is 2.59. The molecule has 0 saturated heterocycles. The summed E-state index contributed by atoms with van der Waals surface area (Å²) in [6.07, 6.45) is 1.38. The second-order valence-electron chi connectivity index (χ2n) is 4.71. The zero-order valence-electron chi connectivity index (χ0n) is 12.6. The molecule has 2 N–H and O–H groups in total. The molecule has 0 radical (unpaired) electrons. The van der Waals surface area contributed by atoms with E-state index in [4.69, 9.17) is 4.74 Å². The van der Waals surface area contributed by atoms with E-state index in [9.17, 15) is 8.78 Å². The van der Waals surface area contributed by atoms with Gasteiger partial charge < -0.3 is 15.4 Å². The molecular weight excluding hydrogens is 316 g/mol. The molecule has 0 aliphatic heterocycles. The summed E-state index contributed by atoms with van der Waals surface area (Å²) in [7, 11) is 1.55. The second-order valence-corrected chi connectivity index (χ2v) is 4.71. The van der Waals surface area contributed by atoms with Crippen LogP contribution >= 0.6 is 0 Å². The molecule has 122 valence electrons. The molecule has 3 aromatic rings. The number of ether oxygens (including phenoxy) is 1. The molecule has 0 spiro atoms. The second kappa shape index (κ2) is 6.86. The molecule has 0 amide bonds. The Morgan fingerprint density at radius 2 is 1.71 bits per heavy atom. The first kappa shape index (κ1) is 15.6. The Bertz CT molecular complexity index is 839. The maximum atomic E-state index is 13.7. The molecule has 2 aromatic carbocycles. The normalized spacial score (nSPS) is 10.3. The van der Waals surface area contributed by atoms with E-state index < -0.39 is 11.6 Å². The van der Waals surface area contributed by atoms with Gasteiger partial charge in [-0.25, -0.2) is 8.78 Å². The van der Waals surface area contributed by atoms with Crippen LogP contribution in [0.3, 0.4) is 0 Å². The maximum absolute atomic E-state index is 13.7. The highest BCUT2D eigenvalue weighted by molar-refractivity contribution is 5.64. The van der Waals surface area contributed by atoms with Crippen LogP contribution in [0.4, 0.5) is 31.9 Å². The fourth-order valence-electron chi connectivity index (χ4n) is 2.03. The monoisotopic (exact) mass is 329 g/mol. The van der Waals surface area contributed by atoms with E-state index in [1.807, 2.05) is 12.1 Å². The molecule has 0 aliphatic rings. The summed E-state index contributed by atoms with van der Waals surface area (Å²) in [6, 6.07) is 10.8. The predicted molar refractivity (Wildman–Crippen MR) is 85.7 cm³/mol. The summed E-state index contributed by atoms with van der Waals surface area (Å²) in [5, 5.41) is 13.0. The van der Waals surface area contributed by atoms with Gasteiger partial charge >= 0.3 is 0 Å². The van der Waals surface area contributed by atoms with Crippen molar-refractivity contribution in [2.75, 3.05) is 17.7 Å². The van der Waals surface area contributed by atoms with E-state index in [1.165, 1.54) is 12.3 Å². The minimum absolute atomic E-state index is 0.0427. The number of para-hydroxylation sites is 3. The fraction of sp³-hybridized carbons (Fsp3) is 0.0625. The lowest BCUT2D eigenvalue weighted by molar-refractivity contribution is 0.417. The first-order valence-corrected chi connectivity index (χ1v) is 6.98. The van der Waals surface area contributed by atoms with E-state index in [0.717, 1.165) is 12.1 Å². The Labute approximate surface area is 136 Å². The van der Waals surface area contributed by atoms with Crippen molar-refractivity contribution in [1.29, 1.82) is 0 Å². The van der Waals surface area contributed by atoms with Crippen LogP contribution in [0.15, 0.2) is 48.7 Å². The molecule has 0 unspecified atom stereocenters. The molecule has 6 nitrogen and oxygen atoms in total. The number of halogens is 2. The van der Waals surface area contributed by atoms with Crippen molar-refractivity contribution in [2.45, 2.75) is 0 Å². The highest BCUT2D eigenvalue weighted by Gasteiger charge is 2.11. The van der Waals surface area contributed by atoms with Crippen LogP contribution in [0.25, 0.3) is 0 Å². The van der Waals surface area contributed by atoms with Gasteiger partial charge in [0, 0.05) is 0 Å². The van der Waals surface area contributed by atoms with Crippen molar-refractivity contribution < 1.29 is 13.5 Å². The predicted octanol–water partition coefficient (Wildman–Crippen LogP) is 3.65. The lowest BCUT2D eigenvalue weighted by Crippen LogP contribution is -2.05.